The Balaban J connectivity index is 2.11. The molecule has 114 valence electrons. The Morgan fingerprint density at radius 3 is 2.57 bits per heavy atom. The molecule has 2 rings (SSSR count). The number of furan rings is 1. The highest BCUT2D eigenvalue weighted by Gasteiger charge is 2.14. The maximum atomic E-state index is 5.59. The minimum absolute atomic E-state index is 0.218. The second-order valence-corrected chi connectivity index (χ2v) is 5.52. The van der Waals surface area contributed by atoms with Gasteiger partial charge < -0.3 is 14.5 Å². The lowest BCUT2D eigenvalue weighted by Gasteiger charge is -2.16. The van der Waals surface area contributed by atoms with Crippen LogP contribution >= 0.6 is 0 Å². The molecule has 0 saturated heterocycles. The van der Waals surface area contributed by atoms with Gasteiger partial charge in [-0.1, -0.05) is 0 Å². The number of aryl methyl sites for hydroxylation is 3. The fourth-order valence-electron chi connectivity index (χ4n) is 2.69. The number of rotatable bonds is 5. The van der Waals surface area contributed by atoms with E-state index in [2.05, 4.69) is 23.3 Å². The van der Waals surface area contributed by atoms with Crippen LogP contribution < -0.4 is 10.1 Å². The molecule has 2 aromatic rings. The van der Waals surface area contributed by atoms with Crippen molar-refractivity contribution in [2.24, 2.45) is 0 Å². The van der Waals surface area contributed by atoms with Gasteiger partial charge in [0.2, 0.25) is 0 Å². The number of ether oxygens (including phenoxy) is 1. The molecule has 1 unspecified atom stereocenters. The van der Waals surface area contributed by atoms with Gasteiger partial charge >= 0.3 is 0 Å². The van der Waals surface area contributed by atoms with Crippen molar-refractivity contribution in [1.29, 1.82) is 0 Å². The largest absolute Gasteiger partial charge is 0.496 e. The number of hydrogen-bond donors (Lipinski definition) is 1. The second-order valence-electron chi connectivity index (χ2n) is 5.52. The summed E-state index contributed by atoms with van der Waals surface area (Å²) in [6, 6.07) is 2.30. The molecule has 0 aromatic carbocycles. The highest BCUT2D eigenvalue weighted by atomic mass is 16.5. The predicted molar refractivity (Wildman–Crippen MR) is 83.7 cm³/mol. The molecule has 21 heavy (non-hydrogen) atoms. The third-order valence-electron chi connectivity index (χ3n) is 3.87. The van der Waals surface area contributed by atoms with E-state index >= 15 is 0 Å². The smallest absolute Gasteiger partial charge is 0.128 e. The maximum absolute atomic E-state index is 5.59. The zero-order valence-corrected chi connectivity index (χ0v) is 13.7. The molecule has 1 atom stereocenters. The molecule has 1 N–H and O–H groups in total. The zero-order valence-electron chi connectivity index (χ0n) is 13.7. The lowest BCUT2D eigenvalue weighted by atomic mass is 10.1. The molecule has 0 bridgehead atoms. The first-order chi connectivity index (χ1) is 9.93. The van der Waals surface area contributed by atoms with E-state index in [1.807, 2.05) is 33.9 Å². The number of nitrogens with zero attached hydrogens (tertiary/aromatic N) is 1. The van der Waals surface area contributed by atoms with Crippen molar-refractivity contribution in [3.8, 4) is 5.75 Å². The minimum atomic E-state index is 0.218. The van der Waals surface area contributed by atoms with Crippen LogP contribution in [0.2, 0.25) is 0 Å². The molecule has 2 aromatic heterocycles. The molecular formula is C17H24N2O2. The van der Waals surface area contributed by atoms with Gasteiger partial charge in [0.15, 0.2) is 0 Å². The Hall–Kier alpha value is -1.81. The van der Waals surface area contributed by atoms with Gasteiger partial charge in [0.1, 0.15) is 17.3 Å². The van der Waals surface area contributed by atoms with Crippen LogP contribution in [0.4, 0.5) is 0 Å². The summed E-state index contributed by atoms with van der Waals surface area (Å²) >= 11 is 0. The summed E-state index contributed by atoms with van der Waals surface area (Å²) in [5.41, 5.74) is 4.37. The molecule has 0 spiro atoms. The van der Waals surface area contributed by atoms with Crippen molar-refractivity contribution < 1.29 is 9.15 Å². The van der Waals surface area contributed by atoms with Crippen molar-refractivity contribution in [1.82, 2.24) is 10.3 Å². The summed E-state index contributed by atoms with van der Waals surface area (Å²) in [7, 11) is 1.70. The van der Waals surface area contributed by atoms with Crippen LogP contribution in [0.1, 0.15) is 46.9 Å². The Morgan fingerprint density at radius 2 is 2.00 bits per heavy atom. The fourth-order valence-corrected chi connectivity index (χ4v) is 2.69. The van der Waals surface area contributed by atoms with E-state index < -0.39 is 0 Å². The van der Waals surface area contributed by atoms with E-state index in [4.69, 9.17) is 9.15 Å². The Morgan fingerprint density at radius 1 is 1.29 bits per heavy atom. The Labute approximate surface area is 126 Å². The van der Waals surface area contributed by atoms with Gasteiger partial charge in [-0.05, 0) is 40.7 Å². The van der Waals surface area contributed by atoms with E-state index in [1.54, 1.807) is 7.11 Å². The van der Waals surface area contributed by atoms with E-state index in [-0.39, 0.29) is 6.04 Å². The predicted octanol–water partition coefficient (Wildman–Crippen LogP) is 3.77. The van der Waals surface area contributed by atoms with Crippen LogP contribution in [-0.2, 0) is 6.54 Å². The van der Waals surface area contributed by atoms with Crippen molar-refractivity contribution in [3.63, 3.8) is 0 Å². The molecular weight excluding hydrogens is 264 g/mol. The quantitative estimate of drug-likeness (QED) is 0.910. The van der Waals surface area contributed by atoms with Gasteiger partial charge in [-0.2, -0.15) is 0 Å². The Bertz CT molecular complexity index is 632. The van der Waals surface area contributed by atoms with Gasteiger partial charge in [0, 0.05) is 35.5 Å². The SMILES string of the molecule is COc1c(C)cnc(CNC(C)c2cc(C)oc2C)c1C. The summed E-state index contributed by atoms with van der Waals surface area (Å²) in [5.74, 6) is 2.84. The summed E-state index contributed by atoms with van der Waals surface area (Å²) in [6.45, 7) is 10.9. The van der Waals surface area contributed by atoms with Crippen LogP contribution in [-0.4, -0.2) is 12.1 Å². The molecule has 0 fully saturated rings. The number of methoxy groups -OCH3 is 1. The van der Waals surface area contributed by atoms with E-state index in [0.29, 0.717) is 6.54 Å². The minimum Gasteiger partial charge on any atom is -0.496 e. The molecule has 0 radical (unpaired) electrons. The van der Waals surface area contributed by atoms with Crippen LogP contribution in [0.25, 0.3) is 0 Å². The van der Waals surface area contributed by atoms with Gasteiger partial charge in [-0.15, -0.1) is 0 Å². The van der Waals surface area contributed by atoms with Crippen molar-refractivity contribution in [2.45, 2.75) is 47.2 Å². The monoisotopic (exact) mass is 288 g/mol. The number of hydrogen-bond acceptors (Lipinski definition) is 4. The van der Waals surface area contributed by atoms with E-state index in [9.17, 15) is 0 Å². The number of nitrogens with one attached hydrogen (secondary N) is 1. The maximum Gasteiger partial charge on any atom is 0.128 e. The molecule has 0 aliphatic rings. The average molecular weight is 288 g/mol. The van der Waals surface area contributed by atoms with Gasteiger partial charge in [-0.25, -0.2) is 0 Å². The summed E-state index contributed by atoms with van der Waals surface area (Å²) in [4.78, 5) is 4.51. The van der Waals surface area contributed by atoms with Crippen LogP contribution in [0.5, 0.6) is 5.75 Å². The molecule has 0 saturated carbocycles. The number of aromatic nitrogens is 1. The van der Waals surface area contributed by atoms with Crippen LogP contribution in [0, 0.1) is 27.7 Å². The van der Waals surface area contributed by atoms with Crippen molar-refractivity contribution in [2.75, 3.05) is 7.11 Å². The second kappa shape index (κ2) is 6.31. The molecule has 4 nitrogen and oxygen atoms in total. The summed E-state index contributed by atoms with van der Waals surface area (Å²) < 4.78 is 11.0. The van der Waals surface area contributed by atoms with Gasteiger partial charge in [0.25, 0.3) is 0 Å². The normalized spacial score (nSPS) is 12.5. The zero-order chi connectivity index (χ0) is 15.6. The summed E-state index contributed by atoms with van der Waals surface area (Å²) in [5, 5.41) is 3.50. The third kappa shape index (κ3) is 3.27. The van der Waals surface area contributed by atoms with Crippen LogP contribution in [0.15, 0.2) is 16.7 Å². The molecule has 0 aliphatic carbocycles. The highest BCUT2D eigenvalue weighted by Crippen LogP contribution is 2.25. The molecule has 0 aliphatic heterocycles. The van der Waals surface area contributed by atoms with Crippen molar-refractivity contribution in [3.05, 3.63) is 46.2 Å². The molecule has 2 heterocycles. The van der Waals surface area contributed by atoms with E-state index in [1.165, 1.54) is 5.56 Å². The van der Waals surface area contributed by atoms with E-state index in [0.717, 1.165) is 34.1 Å². The lowest BCUT2D eigenvalue weighted by Crippen LogP contribution is -2.20. The standard InChI is InChI=1S/C17H24N2O2/c1-10-8-19-16(12(3)17(10)20-6)9-18-13(4)15-7-11(2)21-14(15)5/h7-8,13,18H,9H2,1-6H3. The van der Waals surface area contributed by atoms with Gasteiger partial charge in [0.05, 0.1) is 12.8 Å². The highest BCUT2D eigenvalue weighted by molar-refractivity contribution is 5.41. The molecule has 0 amide bonds. The topological polar surface area (TPSA) is 47.3 Å². The molecule has 4 heteroatoms. The first kappa shape index (κ1) is 15.6. The summed E-state index contributed by atoms with van der Waals surface area (Å²) in [6.07, 6.45) is 1.86. The number of pyridine rings is 1. The van der Waals surface area contributed by atoms with Crippen LogP contribution in [0.3, 0.4) is 0 Å². The fraction of sp³-hybridized carbons (Fsp3) is 0.471. The lowest BCUT2D eigenvalue weighted by molar-refractivity contribution is 0.406. The first-order valence-corrected chi connectivity index (χ1v) is 7.23. The van der Waals surface area contributed by atoms with Crippen molar-refractivity contribution >= 4 is 0 Å². The first-order valence-electron chi connectivity index (χ1n) is 7.23. The Kier molecular flexibility index (Phi) is 4.68. The van der Waals surface area contributed by atoms with Gasteiger partial charge in [-0.3, -0.25) is 4.98 Å². The average Bonchev–Trinajstić information content (AvgIpc) is 2.77. The third-order valence-corrected chi connectivity index (χ3v) is 3.87.